The van der Waals surface area contributed by atoms with Gasteiger partial charge in [-0.1, -0.05) is 0 Å². The van der Waals surface area contributed by atoms with Gasteiger partial charge in [-0.25, -0.2) is 4.39 Å². The summed E-state index contributed by atoms with van der Waals surface area (Å²) >= 11 is 0. The first-order valence-electron chi connectivity index (χ1n) is 7.12. The Balaban J connectivity index is 1.95. The number of halogens is 1. The predicted octanol–water partition coefficient (Wildman–Crippen LogP) is 2.11. The summed E-state index contributed by atoms with van der Waals surface area (Å²) in [6, 6.07) is 4.14. The van der Waals surface area contributed by atoms with Crippen LogP contribution in [0, 0.1) is 11.7 Å². The molecule has 0 bridgehead atoms. The fourth-order valence-corrected chi connectivity index (χ4v) is 2.45. The largest absolute Gasteiger partial charge is 0.326 e. The highest BCUT2D eigenvalue weighted by molar-refractivity contribution is 5.93. The van der Waals surface area contributed by atoms with Gasteiger partial charge < -0.3 is 16.0 Å². The number of amides is 2. The average molecular weight is 293 g/mol. The van der Waals surface area contributed by atoms with Crippen LogP contribution in [-0.4, -0.2) is 24.9 Å². The van der Waals surface area contributed by atoms with Gasteiger partial charge in [0.2, 0.25) is 11.8 Å². The molecule has 21 heavy (non-hydrogen) atoms. The van der Waals surface area contributed by atoms with Crippen molar-refractivity contribution in [1.29, 1.82) is 0 Å². The van der Waals surface area contributed by atoms with Crippen molar-refractivity contribution in [3.05, 3.63) is 24.0 Å². The van der Waals surface area contributed by atoms with E-state index in [1.807, 2.05) is 0 Å². The minimum Gasteiger partial charge on any atom is -0.326 e. The van der Waals surface area contributed by atoms with Crippen molar-refractivity contribution in [2.24, 2.45) is 5.92 Å². The zero-order valence-corrected chi connectivity index (χ0v) is 12.0. The van der Waals surface area contributed by atoms with Gasteiger partial charge >= 0.3 is 0 Å². The number of piperidine rings is 1. The van der Waals surface area contributed by atoms with Crippen LogP contribution in [0.3, 0.4) is 0 Å². The molecule has 114 valence electrons. The van der Waals surface area contributed by atoms with Crippen molar-refractivity contribution in [2.75, 3.05) is 23.7 Å². The number of carbonyl (C=O) groups excluding carboxylic acids is 2. The van der Waals surface area contributed by atoms with E-state index in [9.17, 15) is 14.0 Å². The van der Waals surface area contributed by atoms with E-state index >= 15 is 0 Å². The van der Waals surface area contributed by atoms with Crippen LogP contribution in [-0.2, 0) is 9.59 Å². The average Bonchev–Trinajstić information content (AvgIpc) is 2.43. The molecule has 1 aliphatic heterocycles. The van der Waals surface area contributed by atoms with Crippen molar-refractivity contribution < 1.29 is 14.0 Å². The molecule has 1 aromatic rings. The van der Waals surface area contributed by atoms with Crippen molar-refractivity contribution in [2.45, 2.75) is 26.2 Å². The maximum absolute atomic E-state index is 13.5. The Kier molecular flexibility index (Phi) is 5.27. The van der Waals surface area contributed by atoms with Crippen molar-refractivity contribution >= 4 is 23.2 Å². The molecule has 1 aromatic carbocycles. The molecule has 0 atom stereocenters. The molecule has 0 radical (unpaired) electrons. The second-order valence-corrected chi connectivity index (χ2v) is 5.32. The standard InChI is InChI=1S/C15H20FN3O2/c1-10(20)18-14-9-12(2-3-13(14)16)19-15(21)8-11-4-6-17-7-5-11/h2-3,9,11,17H,4-8H2,1H3,(H,18,20)(H,19,21). The van der Waals surface area contributed by atoms with Gasteiger partial charge in [-0.3, -0.25) is 9.59 Å². The third-order valence-corrected chi connectivity index (χ3v) is 3.49. The van der Waals surface area contributed by atoms with Gasteiger partial charge in [-0.2, -0.15) is 0 Å². The summed E-state index contributed by atoms with van der Waals surface area (Å²) in [5.74, 6) is -0.572. The van der Waals surface area contributed by atoms with Crippen LogP contribution in [0.2, 0.25) is 0 Å². The SMILES string of the molecule is CC(=O)Nc1cc(NC(=O)CC2CCNCC2)ccc1F. The van der Waals surface area contributed by atoms with Gasteiger partial charge in [0, 0.05) is 19.0 Å². The Bertz CT molecular complexity index is 528. The van der Waals surface area contributed by atoms with E-state index in [1.165, 1.54) is 25.1 Å². The summed E-state index contributed by atoms with van der Waals surface area (Å²) in [6.07, 6.45) is 2.45. The molecule has 1 fully saturated rings. The lowest BCUT2D eigenvalue weighted by molar-refractivity contribution is -0.117. The Morgan fingerprint density at radius 3 is 2.67 bits per heavy atom. The normalized spacial score (nSPS) is 15.5. The first-order chi connectivity index (χ1) is 10.0. The fourth-order valence-electron chi connectivity index (χ4n) is 2.45. The number of benzene rings is 1. The van der Waals surface area contributed by atoms with Gasteiger partial charge in [0.15, 0.2) is 0 Å². The number of hydrogen-bond donors (Lipinski definition) is 3. The fraction of sp³-hybridized carbons (Fsp3) is 0.467. The Morgan fingerprint density at radius 1 is 1.29 bits per heavy atom. The van der Waals surface area contributed by atoms with E-state index in [4.69, 9.17) is 0 Å². The molecule has 0 unspecified atom stereocenters. The first-order valence-corrected chi connectivity index (χ1v) is 7.12. The lowest BCUT2D eigenvalue weighted by atomic mass is 9.94. The van der Waals surface area contributed by atoms with Gasteiger partial charge in [-0.05, 0) is 50.0 Å². The molecule has 0 aliphatic carbocycles. The van der Waals surface area contributed by atoms with Crippen LogP contribution in [0.5, 0.6) is 0 Å². The third kappa shape index (κ3) is 4.82. The van der Waals surface area contributed by atoms with Crippen LogP contribution in [0.4, 0.5) is 15.8 Å². The van der Waals surface area contributed by atoms with Crippen LogP contribution in [0.15, 0.2) is 18.2 Å². The van der Waals surface area contributed by atoms with Crippen molar-refractivity contribution in [3.63, 3.8) is 0 Å². The number of rotatable bonds is 4. The smallest absolute Gasteiger partial charge is 0.224 e. The highest BCUT2D eigenvalue weighted by atomic mass is 19.1. The molecular formula is C15H20FN3O2. The van der Waals surface area contributed by atoms with E-state index in [0.29, 0.717) is 18.0 Å². The monoisotopic (exact) mass is 293 g/mol. The molecule has 0 aromatic heterocycles. The van der Waals surface area contributed by atoms with Crippen molar-refractivity contribution in [3.8, 4) is 0 Å². The van der Waals surface area contributed by atoms with Crippen molar-refractivity contribution in [1.82, 2.24) is 5.32 Å². The van der Waals surface area contributed by atoms with Crippen LogP contribution in [0.1, 0.15) is 26.2 Å². The molecule has 1 aliphatic rings. The molecule has 0 saturated carbocycles. The summed E-state index contributed by atoms with van der Waals surface area (Å²) in [7, 11) is 0. The molecule has 0 spiro atoms. The van der Waals surface area contributed by atoms with Crippen LogP contribution < -0.4 is 16.0 Å². The molecular weight excluding hydrogens is 273 g/mol. The van der Waals surface area contributed by atoms with E-state index < -0.39 is 5.82 Å². The lowest BCUT2D eigenvalue weighted by Gasteiger charge is -2.22. The second kappa shape index (κ2) is 7.17. The highest BCUT2D eigenvalue weighted by Gasteiger charge is 2.17. The van der Waals surface area contributed by atoms with Crippen LogP contribution >= 0.6 is 0 Å². The maximum atomic E-state index is 13.5. The van der Waals surface area contributed by atoms with E-state index in [1.54, 1.807) is 0 Å². The third-order valence-electron chi connectivity index (χ3n) is 3.49. The number of nitrogens with one attached hydrogen (secondary N) is 3. The maximum Gasteiger partial charge on any atom is 0.224 e. The number of anilines is 2. The van der Waals surface area contributed by atoms with E-state index in [0.717, 1.165) is 25.9 Å². The van der Waals surface area contributed by atoms with Gasteiger partial charge in [0.05, 0.1) is 5.69 Å². The molecule has 1 saturated heterocycles. The minimum absolute atomic E-state index is 0.0715. The van der Waals surface area contributed by atoms with Gasteiger partial charge in [0.1, 0.15) is 5.82 Å². The number of carbonyl (C=O) groups is 2. The molecule has 1 heterocycles. The summed E-state index contributed by atoms with van der Waals surface area (Å²) < 4.78 is 13.5. The van der Waals surface area contributed by atoms with E-state index in [2.05, 4.69) is 16.0 Å². The molecule has 3 N–H and O–H groups in total. The highest BCUT2D eigenvalue weighted by Crippen LogP contribution is 2.21. The molecule has 5 nitrogen and oxygen atoms in total. The minimum atomic E-state index is -0.526. The summed E-state index contributed by atoms with van der Waals surface area (Å²) in [4.78, 5) is 23.0. The Morgan fingerprint density at radius 2 is 2.00 bits per heavy atom. The Hall–Kier alpha value is -1.95. The quantitative estimate of drug-likeness (QED) is 0.796. The topological polar surface area (TPSA) is 70.2 Å². The molecule has 2 rings (SSSR count). The predicted molar refractivity (Wildman–Crippen MR) is 79.5 cm³/mol. The van der Waals surface area contributed by atoms with Gasteiger partial charge in [-0.15, -0.1) is 0 Å². The zero-order valence-electron chi connectivity index (χ0n) is 12.0. The number of hydrogen-bond acceptors (Lipinski definition) is 3. The molecule has 6 heteroatoms. The first kappa shape index (κ1) is 15.4. The molecule has 2 amide bonds. The van der Waals surface area contributed by atoms with Crippen LogP contribution in [0.25, 0.3) is 0 Å². The Labute approximate surface area is 123 Å². The van der Waals surface area contributed by atoms with E-state index in [-0.39, 0.29) is 17.5 Å². The second-order valence-electron chi connectivity index (χ2n) is 5.32. The lowest BCUT2D eigenvalue weighted by Crippen LogP contribution is -2.30. The zero-order chi connectivity index (χ0) is 15.2. The summed E-state index contributed by atoms with van der Waals surface area (Å²) in [5.41, 5.74) is 0.557. The summed E-state index contributed by atoms with van der Waals surface area (Å²) in [6.45, 7) is 3.20. The van der Waals surface area contributed by atoms with Gasteiger partial charge in [0.25, 0.3) is 0 Å². The summed E-state index contributed by atoms with van der Waals surface area (Å²) in [5, 5.41) is 8.40.